The first kappa shape index (κ1) is 17.4. The molecule has 1 heterocycles. The Morgan fingerprint density at radius 1 is 1.29 bits per heavy atom. The lowest BCUT2D eigenvalue weighted by molar-refractivity contribution is -0.121. The number of benzene rings is 1. The van der Waals surface area contributed by atoms with Crippen LogP contribution in [0.1, 0.15) is 37.3 Å². The molecule has 1 fully saturated rings. The van der Waals surface area contributed by atoms with Crippen LogP contribution >= 0.6 is 0 Å². The van der Waals surface area contributed by atoms with E-state index in [4.69, 9.17) is 0 Å². The van der Waals surface area contributed by atoms with Crippen LogP contribution in [0.2, 0.25) is 0 Å². The summed E-state index contributed by atoms with van der Waals surface area (Å²) in [5.74, 6) is 0.107. The maximum Gasteiger partial charge on any atom is 0.221 e. The van der Waals surface area contributed by atoms with E-state index < -0.39 is 9.84 Å². The third-order valence-electron chi connectivity index (χ3n) is 5.20. The molecular formula is C18H26N2O3S. The number of carbonyl (C=O) groups is 1. The van der Waals surface area contributed by atoms with Gasteiger partial charge in [0, 0.05) is 19.0 Å². The van der Waals surface area contributed by atoms with E-state index in [0.29, 0.717) is 10.8 Å². The van der Waals surface area contributed by atoms with Gasteiger partial charge in [-0.15, -0.1) is 0 Å². The zero-order valence-corrected chi connectivity index (χ0v) is 15.0. The van der Waals surface area contributed by atoms with Crippen LogP contribution in [0.25, 0.3) is 0 Å². The van der Waals surface area contributed by atoms with Crippen LogP contribution in [-0.2, 0) is 27.5 Å². The summed E-state index contributed by atoms with van der Waals surface area (Å²) in [6, 6.07) is 5.49. The predicted octanol–water partition coefficient (Wildman–Crippen LogP) is 1.45. The third-order valence-corrected chi connectivity index (χ3v) is 6.91. The fourth-order valence-electron chi connectivity index (χ4n) is 3.55. The molecule has 0 aromatic heterocycles. The molecule has 1 aromatic rings. The Kier molecular flexibility index (Phi) is 5.25. The van der Waals surface area contributed by atoms with Gasteiger partial charge in [-0.1, -0.05) is 13.0 Å². The number of nitrogens with one attached hydrogen (secondary N) is 2. The van der Waals surface area contributed by atoms with Gasteiger partial charge in [0.25, 0.3) is 0 Å². The van der Waals surface area contributed by atoms with Crippen LogP contribution in [-0.4, -0.2) is 39.2 Å². The van der Waals surface area contributed by atoms with Gasteiger partial charge in [0.1, 0.15) is 0 Å². The molecule has 1 aliphatic carbocycles. The predicted molar refractivity (Wildman–Crippen MR) is 93.7 cm³/mol. The summed E-state index contributed by atoms with van der Waals surface area (Å²) >= 11 is 0. The lowest BCUT2D eigenvalue weighted by Crippen LogP contribution is -2.50. The summed E-state index contributed by atoms with van der Waals surface area (Å²) in [6.07, 6.45) is 4.12. The number of hydrogen-bond acceptors (Lipinski definition) is 4. The van der Waals surface area contributed by atoms with Crippen LogP contribution in [0, 0.1) is 5.92 Å². The van der Waals surface area contributed by atoms with E-state index in [9.17, 15) is 13.2 Å². The summed E-state index contributed by atoms with van der Waals surface area (Å²) < 4.78 is 25.0. The normalized spacial score (nSPS) is 23.7. The second kappa shape index (κ2) is 7.23. The monoisotopic (exact) mass is 350 g/mol. The molecule has 1 aromatic carbocycles. The molecule has 24 heavy (non-hydrogen) atoms. The highest BCUT2D eigenvalue weighted by atomic mass is 32.2. The quantitative estimate of drug-likeness (QED) is 0.843. The molecule has 6 heteroatoms. The molecule has 0 radical (unpaired) electrons. The lowest BCUT2D eigenvalue weighted by Gasteiger charge is -2.30. The van der Waals surface area contributed by atoms with Crippen LogP contribution in [0.15, 0.2) is 23.1 Å². The molecular weight excluding hydrogens is 324 g/mol. The summed E-state index contributed by atoms with van der Waals surface area (Å²) in [4.78, 5) is 12.5. The number of hydrogen-bond donors (Lipinski definition) is 2. The summed E-state index contributed by atoms with van der Waals surface area (Å²) in [5, 5.41) is 6.23. The highest BCUT2D eigenvalue weighted by Gasteiger charge is 2.24. The number of sulfone groups is 1. The van der Waals surface area contributed by atoms with Crippen molar-refractivity contribution in [1.29, 1.82) is 0 Å². The first-order valence-corrected chi connectivity index (χ1v) is 10.5. The van der Waals surface area contributed by atoms with Gasteiger partial charge < -0.3 is 10.6 Å². The Labute approximate surface area is 144 Å². The molecule has 2 N–H and O–H groups in total. The van der Waals surface area contributed by atoms with Crippen molar-refractivity contribution in [2.75, 3.05) is 18.8 Å². The van der Waals surface area contributed by atoms with Gasteiger partial charge in [0.05, 0.1) is 10.6 Å². The molecule has 0 spiro atoms. The van der Waals surface area contributed by atoms with Crippen LogP contribution in [0.4, 0.5) is 0 Å². The van der Waals surface area contributed by atoms with Crippen LogP contribution in [0.5, 0.6) is 0 Å². The number of fused-ring (bicyclic) bond motifs is 1. The lowest BCUT2D eigenvalue weighted by atomic mass is 9.95. The number of amides is 1. The fourth-order valence-corrected chi connectivity index (χ4v) is 4.84. The van der Waals surface area contributed by atoms with E-state index in [1.54, 1.807) is 12.1 Å². The van der Waals surface area contributed by atoms with Crippen molar-refractivity contribution in [2.24, 2.45) is 5.92 Å². The molecule has 2 atom stereocenters. The number of aryl methyl sites for hydroxylation is 2. The zero-order chi connectivity index (χ0) is 17.2. The number of carbonyl (C=O) groups excluding carboxylic acids is 1. The van der Waals surface area contributed by atoms with Crippen molar-refractivity contribution in [2.45, 2.75) is 50.0 Å². The van der Waals surface area contributed by atoms with Crippen LogP contribution < -0.4 is 10.6 Å². The first-order valence-electron chi connectivity index (χ1n) is 8.80. The van der Waals surface area contributed by atoms with Gasteiger partial charge in [-0.3, -0.25) is 4.79 Å². The van der Waals surface area contributed by atoms with Gasteiger partial charge >= 0.3 is 0 Å². The first-order chi connectivity index (χ1) is 11.5. The molecule has 3 rings (SSSR count). The summed E-state index contributed by atoms with van der Waals surface area (Å²) in [6.45, 7) is 3.85. The molecule has 1 aliphatic heterocycles. The van der Waals surface area contributed by atoms with E-state index in [2.05, 4.69) is 17.6 Å². The average Bonchev–Trinajstić information content (AvgIpc) is 3.03. The van der Waals surface area contributed by atoms with E-state index in [0.717, 1.165) is 44.3 Å². The second-order valence-corrected chi connectivity index (χ2v) is 9.11. The number of piperidine rings is 1. The van der Waals surface area contributed by atoms with Gasteiger partial charge in [-0.2, -0.15) is 0 Å². The van der Waals surface area contributed by atoms with Gasteiger partial charge in [0.2, 0.25) is 5.91 Å². The van der Waals surface area contributed by atoms with Gasteiger partial charge in [-0.25, -0.2) is 8.42 Å². The van der Waals surface area contributed by atoms with Gasteiger partial charge in [-0.05, 0) is 61.4 Å². The van der Waals surface area contributed by atoms with Gasteiger partial charge in [0.15, 0.2) is 9.84 Å². The Bertz CT molecular complexity index is 715. The largest absolute Gasteiger partial charge is 0.352 e. The SMILES string of the molecule is CC1CCNCC1NC(=O)CCS(=O)(=O)c1ccc2c(c1)CCC2. The average molecular weight is 350 g/mol. The molecule has 2 aliphatic rings. The fraction of sp³-hybridized carbons (Fsp3) is 0.611. The Balaban J connectivity index is 1.57. The highest BCUT2D eigenvalue weighted by molar-refractivity contribution is 7.91. The van der Waals surface area contributed by atoms with Crippen LogP contribution in [0.3, 0.4) is 0 Å². The molecule has 0 saturated carbocycles. The topological polar surface area (TPSA) is 75.3 Å². The molecule has 132 valence electrons. The minimum Gasteiger partial charge on any atom is -0.352 e. The number of rotatable bonds is 5. The Morgan fingerprint density at radius 3 is 2.88 bits per heavy atom. The highest BCUT2D eigenvalue weighted by Crippen LogP contribution is 2.25. The Hall–Kier alpha value is -1.40. The van der Waals surface area contributed by atoms with E-state index >= 15 is 0 Å². The standard InChI is InChI=1S/C18H26N2O3S/c1-13-7-9-19-12-17(13)20-18(21)8-10-24(22,23)16-6-5-14-3-2-4-15(14)11-16/h5-6,11,13,17,19H,2-4,7-10,12H2,1H3,(H,20,21). The van der Waals surface area contributed by atoms with E-state index in [1.165, 1.54) is 5.56 Å². The minimum atomic E-state index is -3.41. The zero-order valence-electron chi connectivity index (χ0n) is 14.2. The van der Waals surface area contributed by atoms with Crippen molar-refractivity contribution in [3.63, 3.8) is 0 Å². The maximum absolute atomic E-state index is 12.5. The van der Waals surface area contributed by atoms with Crippen molar-refractivity contribution in [3.05, 3.63) is 29.3 Å². The second-order valence-electron chi connectivity index (χ2n) is 7.00. The smallest absolute Gasteiger partial charge is 0.221 e. The van der Waals surface area contributed by atoms with Crippen molar-refractivity contribution >= 4 is 15.7 Å². The molecule has 0 bridgehead atoms. The molecule has 1 saturated heterocycles. The van der Waals surface area contributed by atoms with Crippen molar-refractivity contribution < 1.29 is 13.2 Å². The van der Waals surface area contributed by atoms with Crippen molar-refractivity contribution in [1.82, 2.24) is 10.6 Å². The summed E-state index contributed by atoms with van der Waals surface area (Å²) in [7, 11) is -3.41. The minimum absolute atomic E-state index is 0.0165. The maximum atomic E-state index is 12.5. The third kappa shape index (κ3) is 3.98. The molecule has 2 unspecified atom stereocenters. The summed E-state index contributed by atoms with van der Waals surface area (Å²) in [5.41, 5.74) is 2.40. The van der Waals surface area contributed by atoms with E-state index in [-0.39, 0.29) is 24.1 Å². The Morgan fingerprint density at radius 2 is 2.08 bits per heavy atom. The van der Waals surface area contributed by atoms with Crippen molar-refractivity contribution in [3.8, 4) is 0 Å². The van der Waals surface area contributed by atoms with E-state index in [1.807, 2.05) is 6.07 Å². The molecule has 1 amide bonds. The molecule has 5 nitrogen and oxygen atoms in total.